The normalized spacial score (nSPS) is 26.9. The van der Waals surface area contributed by atoms with Crippen LogP contribution in [0, 0.1) is 12.8 Å². The fourth-order valence-corrected chi connectivity index (χ4v) is 2.46. The lowest BCUT2D eigenvalue weighted by Crippen LogP contribution is -2.36. The zero-order chi connectivity index (χ0) is 11.5. The molecule has 1 aromatic carbocycles. The first-order chi connectivity index (χ1) is 7.66. The first-order valence-electron chi connectivity index (χ1n) is 6.09. The van der Waals surface area contributed by atoms with Gasteiger partial charge in [0.1, 0.15) is 0 Å². The van der Waals surface area contributed by atoms with E-state index in [1.807, 2.05) is 0 Å². The zero-order valence-electron chi connectivity index (χ0n) is 10.1. The maximum Gasteiger partial charge on any atom is 0.0590 e. The molecular weight excluding hydrogens is 198 g/mol. The van der Waals surface area contributed by atoms with Gasteiger partial charge < -0.3 is 10.5 Å². The highest BCUT2D eigenvalue weighted by molar-refractivity contribution is 5.22. The fraction of sp³-hybridized carbons (Fsp3) is 0.571. The molecule has 1 heterocycles. The molecule has 2 N–H and O–H groups in total. The van der Waals surface area contributed by atoms with Crippen LogP contribution in [0.2, 0.25) is 0 Å². The van der Waals surface area contributed by atoms with Gasteiger partial charge in [-0.05, 0) is 32.3 Å². The number of benzene rings is 1. The van der Waals surface area contributed by atoms with Gasteiger partial charge in [-0.25, -0.2) is 0 Å². The van der Waals surface area contributed by atoms with Crippen molar-refractivity contribution in [3.05, 3.63) is 35.4 Å². The van der Waals surface area contributed by atoms with E-state index in [4.69, 9.17) is 10.5 Å². The molecule has 3 atom stereocenters. The van der Waals surface area contributed by atoms with Crippen LogP contribution in [0.15, 0.2) is 24.3 Å². The summed E-state index contributed by atoms with van der Waals surface area (Å²) in [7, 11) is 0. The Bertz CT molecular complexity index is 333. The molecule has 1 fully saturated rings. The van der Waals surface area contributed by atoms with Gasteiger partial charge in [-0.2, -0.15) is 0 Å². The summed E-state index contributed by atoms with van der Waals surface area (Å²) in [6.45, 7) is 5.11. The number of hydrogen-bond acceptors (Lipinski definition) is 2. The number of hydrogen-bond donors (Lipinski definition) is 1. The molecule has 2 rings (SSSR count). The van der Waals surface area contributed by atoms with Gasteiger partial charge >= 0.3 is 0 Å². The molecule has 0 radical (unpaired) electrons. The van der Waals surface area contributed by atoms with Crippen molar-refractivity contribution in [2.75, 3.05) is 6.61 Å². The van der Waals surface area contributed by atoms with Crippen LogP contribution in [-0.2, 0) is 11.2 Å². The van der Waals surface area contributed by atoms with Crippen LogP contribution in [0.1, 0.15) is 24.5 Å². The Balaban J connectivity index is 1.96. The summed E-state index contributed by atoms with van der Waals surface area (Å²) in [6, 6.07) is 8.87. The SMILES string of the molecule is Cc1ccc(CC(N)C2CCOC2C)cc1. The molecule has 0 spiro atoms. The average Bonchev–Trinajstić information content (AvgIpc) is 2.68. The molecule has 1 aliphatic rings. The Labute approximate surface area is 97.8 Å². The van der Waals surface area contributed by atoms with E-state index in [0.717, 1.165) is 19.4 Å². The van der Waals surface area contributed by atoms with Crippen LogP contribution in [0.3, 0.4) is 0 Å². The molecular formula is C14H21NO. The maximum atomic E-state index is 6.26. The van der Waals surface area contributed by atoms with Crippen molar-refractivity contribution in [1.82, 2.24) is 0 Å². The molecule has 0 bridgehead atoms. The maximum absolute atomic E-state index is 6.26. The largest absolute Gasteiger partial charge is 0.378 e. The van der Waals surface area contributed by atoms with Gasteiger partial charge in [-0.15, -0.1) is 0 Å². The van der Waals surface area contributed by atoms with Gasteiger partial charge in [-0.3, -0.25) is 0 Å². The fourth-order valence-electron chi connectivity index (χ4n) is 2.46. The average molecular weight is 219 g/mol. The molecule has 2 heteroatoms. The highest BCUT2D eigenvalue weighted by Gasteiger charge is 2.29. The van der Waals surface area contributed by atoms with Crippen molar-refractivity contribution in [1.29, 1.82) is 0 Å². The third-order valence-corrected chi connectivity index (χ3v) is 3.58. The molecule has 0 amide bonds. The third kappa shape index (κ3) is 2.63. The molecule has 16 heavy (non-hydrogen) atoms. The van der Waals surface area contributed by atoms with E-state index >= 15 is 0 Å². The Hall–Kier alpha value is -0.860. The molecule has 0 aliphatic carbocycles. The van der Waals surface area contributed by atoms with Gasteiger partial charge in [0.05, 0.1) is 6.10 Å². The number of nitrogens with two attached hydrogens (primary N) is 1. The van der Waals surface area contributed by atoms with Crippen molar-refractivity contribution in [3.63, 3.8) is 0 Å². The van der Waals surface area contributed by atoms with Gasteiger partial charge in [0.2, 0.25) is 0 Å². The highest BCUT2D eigenvalue weighted by Crippen LogP contribution is 2.24. The van der Waals surface area contributed by atoms with Gasteiger partial charge in [-0.1, -0.05) is 29.8 Å². The van der Waals surface area contributed by atoms with E-state index in [-0.39, 0.29) is 6.04 Å². The van der Waals surface area contributed by atoms with E-state index in [1.165, 1.54) is 11.1 Å². The number of aryl methyl sites for hydroxylation is 1. The van der Waals surface area contributed by atoms with Crippen LogP contribution in [0.25, 0.3) is 0 Å². The molecule has 0 aromatic heterocycles. The van der Waals surface area contributed by atoms with E-state index < -0.39 is 0 Å². The molecule has 1 saturated heterocycles. The molecule has 2 nitrogen and oxygen atoms in total. The second-order valence-electron chi connectivity index (χ2n) is 4.88. The summed E-state index contributed by atoms with van der Waals surface area (Å²) in [5.74, 6) is 0.515. The summed E-state index contributed by atoms with van der Waals surface area (Å²) in [5, 5.41) is 0. The van der Waals surface area contributed by atoms with Gasteiger partial charge in [0.25, 0.3) is 0 Å². The second kappa shape index (κ2) is 4.98. The minimum atomic E-state index is 0.222. The lowest BCUT2D eigenvalue weighted by atomic mass is 9.89. The first-order valence-corrected chi connectivity index (χ1v) is 6.09. The highest BCUT2D eigenvalue weighted by atomic mass is 16.5. The molecule has 88 valence electrons. The van der Waals surface area contributed by atoms with E-state index in [0.29, 0.717) is 12.0 Å². The number of ether oxygens (including phenoxy) is 1. The minimum absolute atomic E-state index is 0.222. The Morgan fingerprint density at radius 3 is 2.62 bits per heavy atom. The van der Waals surface area contributed by atoms with Crippen molar-refractivity contribution in [3.8, 4) is 0 Å². The third-order valence-electron chi connectivity index (χ3n) is 3.58. The predicted molar refractivity (Wildman–Crippen MR) is 66.4 cm³/mol. The van der Waals surface area contributed by atoms with E-state index in [1.54, 1.807) is 0 Å². The van der Waals surface area contributed by atoms with Crippen molar-refractivity contribution >= 4 is 0 Å². The van der Waals surface area contributed by atoms with Crippen LogP contribution in [0.5, 0.6) is 0 Å². The van der Waals surface area contributed by atoms with Crippen molar-refractivity contribution in [2.45, 2.75) is 38.8 Å². The van der Waals surface area contributed by atoms with Gasteiger partial charge in [0.15, 0.2) is 0 Å². The van der Waals surface area contributed by atoms with Crippen molar-refractivity contribution < 1.29 is 4.74 Å². The predicted octanol–water partition coefficient (Wildman–Crippen LogP) is 2.29. The minimum Gasteiger partial charge on any atom is -0.378 e. The quantitative estimate of drug-likeness (QED) is 0.846. The van der Waals surface area contributed by atoms with Crippen LogP contribution < -0.4 is 5.73 Å². The topological polar surface area (TPSA) is 35.2 Å². The van der Waals surface area contributed by atoms with E-state index in [9.17, 15) is 0 Å². The lowest BCUT2D eigenvalue weighted by Gasteiger charge is -2.22. The monoisotopic (exact) mass is 219 g/mol. The molecule has 0 saturated carbocycles. The van der Waals surface area contributed by atoms with Crippen LogP contribution in [-0.4, -0.2) is 18.8 Å². The summed E-state index contributed by atoms with van der Waals surface area (Å²) in [4.78, 5) is 0. The molecule has 1 aliphatic heterocycles. The van der Waals surface area contributed by atoms with Crippen LogP contribution >= 0.6 is 0 Å². The first kappa shape index (κ1) is 11.6. The summed E-state index contributed by atoms with van der Waals surface area (Å²) >= 11 is 0. The van der Waals surface area contributed by atoms with Crippen LogP contribution in [0.4, 0.5) is 0 Å². The summed E-state index contributed by atoms with van der Waals surface area (Å²) in [6.07, 6.45) is 2.38. The van der Waals surface area contributed by atoms with E-state index in [2.05, 4.69) is 38.1 Å². The summed E-state index contributed by atoms with van der Waals surface area (Å²) < 4.78 is 5.56. The Morgan fingerprint density at radius 2 is 2.06 bits per heavy atom. The zero-order valence-corrected chi connectivity index (χ0v) is 10.1. The summed E-state index contributed by atoms with van der Waals surface area (Å²) in [5.41, 5.74) is 8.89. The Morgan fingerprint density at radius 1 is 1.38 bits per heavy atom. The van der Waals surface area contributed by atoms with Gasteiger partial charge in [0, 0.05) is 18.6 Å². The number of rotatable bonds is 3. The molecule has 1 aromatic rings. The Kier molecular flexibility index (Phi) is 3.62. The second-order valence-corrected chi connectivity index (χ2v) is 4.88. The molecule has 3 unspecified atom stereocenters. The van der Waals surface area contributed by atoms with Crippen molar-refractivity contribution in [2.24, 2.45) is 11.7 Å². The standard InChI is InChI=1S/C14H21NO/c1-10-3-5-12(6-4-10)9-14(15)13-7-8-16-11(13)2/h3-6,11,13-14H,7-9,15H2,1-2H3. The smallest absolute Gasteiger partial charge is 0.0590 e. The lowest BCUT2D eigenvalue weighted by molar-refractivity contribution is 0.0995.